The lowest BCUT2D eigenvalue weighted by Gasteiger charge is -2.32. The van der Waals surface area contributed by atoms with Crippen LogP contribution in [0.3, 0.4) is 0 Å². The minimum absolute atomic E-state index is 0.230. The molecule has 3 nitrogen and oxygen atoms in total. The molecule has 3 aliphatic rings. The quantitative estimate of drug-likeness (QED) is 0.172. The number of anilines is 3. The smallest absolute Gasteiger partial charge is 0.144 e. The molecule has 0 fully saturated rings. The maximum atomic E-state index is 7.01. The highest BCUT2D eigenvalue weighted by Gasteiger charge is 2.49. The van der Waals surface area contributed by atoms with Crippen LogP contribution in [0.25, 0.3) is 99.5 Å². The van der Waals surface area contributed by atoms with Gasteiger partial charge >= 0.3 is 0 Å². The number of para-hydroxylation sites is 3. The van der Waals surface area contributed by atoms with Gasteiger partial charge in [0, 0.05) is 60.3 Å². The van der Waals surface area contributed by atoms with Gasteiger partial charge in [-0.3, -0.25) is 0 Å². The molecule has 2 heterocycles. The van der Waals surface area contributed by atoms with Crippen molar-refractivity contribution in [3.8, 4) is 55.6 Å². The maximum Gasteiger partial charge on any atom is 0.144 e. The maximum absolute atomic E-state index is 7.01. The summed E-state index contributed by atoms with van der Waals surface area (Å²) in [5.41, 5.74) is 29.3. The Labute approximate surface area is 432 Å². The highest BCUT2D eigenvalue weighted by molar-refractivity contribution is 6.21. The van der Waals surface area contributed by atoms with Crippen molar-refractivity contribution in [2.75, 3.05) is 4.90 Å². The van der Waals surface area contributed by atoms with E-state index in [0.717, 1.165) is 50.2 Å². The molecule has 0 aliphatic heterocycles. The van der Waals surface area contributed by atoms with Crippen LogP contribution in [0.5, 0.6) is 0 Å². The summed E-state index contributed by atoms with van der Waals surface area (Å²) in [5.74, 6) is 0. The Hall–Kier alpha value is -8.40. The number of hydrogen-bond acceptors (Lipinski definition) is 3. The van der Waals surface area contributed by atoms with Gasteiger partial charge in [0.15, 0.2) is 0 Å². The van der Waals surface area contributed by atoms with Crippen molar-refractivity contribution in [2.45, 2.75) is 71.6 Å². The van der Waals surface area contributed by atoms with Crippen LogP contribution in [0.2, 0.25) is 0 Å². The van der Waals surface area contributed by atoms with E-state index in [4.69, 9.17) is 8.83 Å². The summed E-state index contributed by atoms with van der Waals surface area (Å²) in [4.78, 5) is 2.54. The van der Waals surface area contributed by atoms with Crippen LogP contribution in [0.4, 0.5) is 17.1 Å². The summed E-state index contributed by atoms with van der Waals surface area (Å²) < 4.78 is 13.9. The van der Waals surface area contributed by atoms with Crippen LogP contribution in [0, 0.1) is 13.8 Å². The standard InChI is InChI=1S/C71H55NO2/c1-40-19-18-20-41(2)66(40)72(46-34-36-49-55(38-46)71(7,8)64-60(49)62-51-25-14-17-28-58(51)74-68(62)63-47-23-12-15-26-53(47)70(5,6)65(63)64)45-33-35-48-54(37-45)69(3,4)56-39-52(44-31-29-43(30-32-44)42-21-10-9-11-22-42)67-61(59(48)56)50-24-13-16-27-57(50)73-67/h9-39H,1-8H3. The van der Waals surface area contributed by atoms with E-state index in [-0.39, 0.29) is 16.2 Å². The summed E-state index contributed by atoms with van der Waals surface area (Å²) >= 11 is 0. The largest absolute Gasteiger partial charge is 0.455 e. The van der Waals surface area contributed by atoms with E-state index in [0.29, 0.717) is 0 Å². The first-order valence-electron chi connectivity index (χ1n) is 26.2. The van der Waals surface area contributed by atoms with Gasteiger partial charge in [-0.2, -0.15) is 0 Å². The summed E-state index contributed by atoms with van der Waals surface area (Å²) in [7, 11) is 0. The molecule has 0 radical (unpaired) electrons. The Balaban J connectivity index is 0.929. The molecule has 0 amide bonds. The van der Waals surface area contributed by atoms with E-state index in [1.54, 1.807) is 0 Å². The molecular weight excluding hydrogens is 899 g/mol. The monoisotopic (exact) mass is 953 g/mol. The van der Waals surface area contributed by atoms with E-state index < -0.39 is 0 Å². The molecule has 0 saturated carbocycles. The molecule has 3 aliphatic carbocycles. The molecule has 356 valence electrons. The van der Waals surface area contributed by atoms with Crippen molar-refractivity contribution in [1.82, 2.24) is 0 Å². The fourth-order valence-corrected chi connectivity index (χ4v) is 14.1. The van der Waals surface area contributed by atoms with Crippen molar-refractivity contribution < 1.29 is 8.83 Å². The first kappa shape index (κ1) is 43.2. The Morgan fingerprint density at radius 2 is 0.851 bits per heavy atom. The molecule has 0 bridgehead atoms. The second-order valence-corrected chi connectivity index (χ2v) is 22.9. The SMILES string of the molecule is Cc1cccc(C)c1N(c1ccc2c(c1)C(C)(C)c1cc(-c3ccc(-c4ccccc4)cc3)c3oc4ccccc4c3c1-2)c1ccc2c(c1)C(C)(C)c1c3c(c4oc5ccccc5c4c1-2)-c1ccccc1C3(C)C. The van der Waals surface area contributed by atoms with Gasteiger partial charge in [-0.15, -0.1) is 0 Å². The molecule has 15 rings (SSSR count). The highest BCUT2D eigenvalue weighted by Crippen LogP contribution is 2.64. The van der Waals surface area contributed by atoms with Crippen LogP contribution in [0.15, 0.2) is 197 Å². The van der Waals surface area contributed by atoms with E-state index >= 15 is 0 Å². The summed E-state index contributed by atoms with van der Waals surface area (Å²) in [6, 6.07) is 69.5. The molecule has 12 aromatic rings. The number of fused-ring (bicyclic) bond motifs is 19. The Morgan fingerprint density at radius 1 is 0.351 bits per heavy atom. The molecule has 0 atom stereocenters. The summed E-state index contributed by atoms with van der Waals surface area (Å²) in [5, 5.41) is 4.72. The molecule has 0 N–H and O–H groups in total. The topological polar surface area (TPSA) is 29.5 Å². The van der Waals surface area contributed by atoms with Gasteiger partial charge < -0.3 is 13.7 Å². The van der Waals surface area contributed by atoms with Crippen LogP contribution in [0.1, 0.15) is 86.1 Å². The van der Waals surface area contributed by atoms with Gasteiger partial charge in [-0.1, -0.05) is 187 Å². The summed E-state index contributed by atoms with van der Waals surface area (Å²) in [6.07, 6.45) is 0. The average Bonchev–Trinajstić information content (AvgIpc) is 4.20. The number of benzene rings is 10. The van der Waals surface area contributed by atoms with Gasteiger partial charge in [0.2, 0.25) is 0 Å². The number of aryl methyl sites for hydroxylation is 2. The highest BCUT2D eigenvalue weighted by atomic mass is 16.3. The normalized spacial score (nSPS) is 15.1. The second-order valence-electron chi connectivity index (χ2n) is 22.9. The van der Waals surface area contributed by atoms with Crippen LogP contribution in [-0.2, 0) is 16.2 Å². The van der Waals surface area contributed by atoms with E-state index in [9.17, 15) is 0 Å². The molecule has 0 unspecified atom stereocenters. The molecule has 10 aromatic carbocycles. The van der Waals surface area contributed by atoms with E-state index in [2.05, 4.69) is 248 Å². The zero-order valence-corrected chi connectivity index (χ0v) is 43.2. The minimum Gasteiger partial charge on any atom is -0.455 e. The average molecular weight is 954 g/mol. The zero-order chi connectivity index (χ0) is 50.2. The molecule has 74 heavy (non-hydrogen) atoms. The van der Waals surface area contributed by atoms with Crippen LogP contribution >= 0.6 is 0 Å². The third-order valence-corrected chi connectivity index (χ3v) is 17.6. The van der Waals surface area contributed by atoms with E-state index in [1.165, 1.54) is 111 Å². The molecular formula is C71H55NO2. The first-order valence-corrected chi connectivity index (χ1v) is 26.2. The predicted octanol–water partition coefficient (Wildman–Crippen LogP) is 19.8. The molecule has 0 saturated heterocycles. The van der Waals surface area contributed by atoms with Crippen molar-refractivity contribution in [3.05, 3.63) is 233 Å². The van der Waals surface area contributed by atoms with Gasteiger partial charge in [0.1, 0.15) is 22.3 Å². The van der Waals surface area contributed by atoms with Crippen LogP contribution < -0.4 is 4.90 Å². The second kappa shape index (κ2) is 14.9. The number of furan rings is 2. The Bertz CT molecular complexity index is 4380. The van der Waals surface area contributed by atoms with Gasteiger partial charge in [-0.25, -0.2) is 0 Å². The van der Waals surface area contributed by atoms with Crippen molar-refractivity contribution in [2.24, 2.45) is 0 Å². The lowest BCUT2D eigenvalue weighted by Crippen LogP contribution is -2.24. The number of nitrogens with zero attached hydrogens (tertiary/aromatic N) is 1. The number of hydrogen-bond donors (Lipinski definition) is 0. The van der Waals surface area contributed by atoms with Gasteiger partial charge in [-0.05, 0) is 145 Å². The minimum atomic E-state index is -0.330. The molecule has 3 heteroatoms. The third kappa shape index (κ3) is 5.62. The number of rotatable bonds is 5. The van der Waals surface area contributed by atoms with Crippen molar-refractivity contribution in [1.29, 1.82) is 0 Å². The Morgan fingerprint density at radius 3 is 1.53 bits per heavy atom. The fraction of sp³-hybridized carbons (Fsp3) is 0.155. The lowest BCUT2D eigenvalue weighted by atomic mass is 9.72. The van der Waals surface area contributed by atoms with Crippen molar-refractivity contribution in [3.63, 3.8) is 0 Å². The molecule has 0 spiro atoms. The van der Waals surface area contributed by atoms with E-state index in [1.807, 2.05) is 0 Å². The van der Waals surface area contributed by atoms with Gasteiger partial charge in [0.25, 0.3) is 0 Å². The van der Waals surface area contributed by atoms with Crippen LogP contribution in [-0.4, -0.2) is 0 Å². The first-order chi connectivity index (χ1) is 35.8. The predicted molar refractivity (Wildman–Crippen MR) is 309 cm³/mol. The van der Waals surface area contributed by atoms with Gasteiger partial charge in [0.05, 0.1) is 5.69 Å². The zero-order valence-electron chi connectivity index (χ0n) is 43.2. The third-order valence-electron chi connectivity index (χ3n) is 17.6. The molecule has 2 aromatic heterocycles. The fourth-order valence-electron chi connectivity index (χ4n) is 14.1. The lowest BCUT2D eigenvalue weighted by molar-refractivity contribution is 0.600. The summed E-state index contributed by atoms with van der Waals surface area (Å²) in [6.45, 7) is 19.1. The van der Waals surface area contributed by atoms with Crippen molar-refractivity contribution >= 4 is 60.9 Å². The Kier molecular flexibility index (Phi) is 8.68.